The number of nitrogens with zero attached hydrogens (tertiary/aromatic N) is 1. The molecule has 0 aliphatic rings. The molecule has 0 saturated carbocycles. The van der Waals surface area contributed by atoms with Crippen molar-refractivity contribution in [3.8, 4) is 11.3 Å². The van der Waals surface area contributed by atoms with E-state index in [9.17, 15) is 0 Å². The van der Waals surface area contributed by atoms with E-state index >= 15 is 0 Å². The Bertz CT molecular complexity index is 491. The number of halogens is 1. The Kier molecular flexibility index (Phi) is 3.84. The average Bonchev–Trinajstić information content (AvgIpc) is 2.75. The van der Waals surface area contributed by atoms with E-state index in [1.807, 2.05) is 24.3 Å². The van der Waals surface area contributed by atoms with Crippen molar-refractivity contribution < 1.29 is 0 Å². The minimum absolute atomic E-state index is 0.610. The van der Waals surface area contributed by atoms with Gasteiger partial charge in [-0.15, -0.1) is 0 Å². The molecule has 0 spiro atoms. The highest BCUT2D eigenvalue weighted by molar-refractivity contribution is 9.10. The highest BCUT2D eigenvalue weighted by atomic mass is 79.9. The Labute approximate surface area is 110 Å². The second-order valence-electron chi connectivity index (χ2n) is 4.42. The third kappa shape index (κ3) is 3.09. The summed E-state index contributed by atoms with van der Waals surface area (Å²) in [6.07, 6.45) is 0. The van der Waals surface area contributed by atoms with E-state index in [-0.39, 0.29) is 0 Å². The summed E-state index contributed by atoms with van der Waals surface area (Å²) in [5, 5.41) is 10.6. The summed E-state index contributed by atoms with van der Waals surface area (Å²) in [5.74, 6) is 1.50. The van der Waals surface area contributed by atoms with Crippen LogP contribution in [0.3, 0.4) is 0 Å². The smallest absolute Gasteiger partial charge is 0.148 e. The molecular formula is C13H16BrN3. The summed E-state index contributed by atoms with van der Waals surface area (Å²) in [6.45, 7) is 5.28. The second kappa shape index (κ2) is 5.36. The molecule has 4 heteroatoms. The topological polar surface area (TPSA) is 40.7 Å². The zero-order valence-corrected chi connectivity index (χ0v) is 11.6. The van der Waals surface area contributed by atoms with Gasteiger partial charge in [0.2, 0.25) is 0 Å². The molecule has 0 bridgehead atoms. The third-order valence-corrected chi connectivity index (χ3v) is 3.12. The van der Waals surface area contributed by atoms with Crippen LogP contribution in [0.5, 0.6) is 0 Å². The van der Waals surface area contributed by atoms with Gasteiger partial charge in [-0.2, -0.15) is 5.10 Å². The maximum Gasteiger partial charge on any atom is 0.148 e. The zero-order valence-electron chi connectivity index (χ0n) is 10.00. The van der Waals surface area contributed by atoms with Crippen LogP contribution in [0, 0.1) is 5.92 Å². The normalized spacial score (nSPS) is 10.8. The first kappa shape index (κ1) is 12.2. The lowest BCUT2D eigenvalue weighted by Crippen LogP contribution is -2.07. The molecule has 17 heavy (non-hydrogen) atoms. The van der Waals surface area contributed by atoms with Gasteiger partial charge in [0.05, 0.1) is 5.69 Å². The first-order chi connectivity index (χ1) is 8.16. The maximum atomic E-state index is 4.25. The summed E-state index contributed by atoms with van der Waals surface area (Å²) < 4.78 is 1.07. The van der Waals surface area contributed by atoms with E-state index in [1.54, 1.807) is 0 Å². The molecule has 3 nitrogen and oxygen atoms in total. The van der Waals surface area contributed by atoms with Crippen molar-refractivity contribution in [3.05, 3.63) is 34.8 Å². The van der Waals surface area contributed by atoms with E-state index in [0.29, 0.717) is 5.92 Å². The van der Waals surface area contributed by atoms with Crippen molar-refractivity contribution in [2.75, 3.05) is 11.9 Å². The highest BCUT2D eigenvalue weighted by Gasteiger charge is 2.06. The Morgan fingerprint density at radius 3 is 2.82 bits per heavy atom. The lowest BCUT2D eigenvalue weighted by atomic mass is 10.1. The van der Waals surface area contributed by atoms with Crippen molar-refractivity contribution >= 4 is 21.7 Å². The van der Waals surface area contributed by atoms with Crippen molar-refractivity contribution in [1.29, 1.82) is 0 Å². The molecule has 0 aliphatic heterocycles. The Balaban J connectivity index is 2.16. The summed E-state index contributed by atoms with van der Waals surface area (Å²) in [4.78, 5) is 0. The number of hydrogen-bond acceptors (Lipinski definition) is 2. The second-order valence-corrected chi connectivity index (χ2v) is 5.28. The van der Waals surface area contributed by atoms with Crippen LogP contribution in [0.1, 0.15) is 13.8 Å². The molecule has 0 aliphatic carbocycles. The molecule has 0 radical (unpaired) electrons. The van der Waals surface area contributed by atoms with Gasteiger partial charge in [0.25, 0.3) is 0 Å². The summed E-state index contributed by atoms with van der Waals surface area (Å²) >= 11 is 3.54. The lowest BCUT2D eigenvalue weighted by Gasteiger charge is -2.04. The predicted octanol–water partition coefficient (Wildman–Crippen LogP) is 3.91. The van der Waals surface area contributed by atoms with E-state index in [2.05, 4.69) is 51.4 Å². The van der Waals surface area contributed by atoms with Gasteiger partial charge >= 0.3 is 0 Å². The van der Waals surface area contributed by atoms with Gasteiger partial charge in [-0.25, -0.2) is 0 Å². The largest absolute Gasteiger partial charge is 0.368 e. The van der Waals surface area contributed by atoms with E-state index < -0.39 is 0 Å². The minimum atomic E-state index is 0.610. The average molecular weight is 294 g/mol. The fraction of sp³-hybridized carbons (Fsp3) is 0.308. The number of hydrogen-bond donors (Lipinski definition) is 2. The number of rotatable bonds is 4. The van der Waals surface area contributed by atoms with Gasteiger partial charge in [0.15, 0.2) is 0 Å². The lowest BCUT2D eigenvalue weighted by molar-refractivity contribution is 0.687. The van der Waals surface area contributed by atoms with E-state index in [1.165, 1.54) is 0 Å². The molecule has 1 aromatic heterocycles. The Hall–Kier alpha value is -1.29. The SMILES string of the molecule is CC(C)CNc1cc(-c2ccccc2Br)[nH]n1. The third-order valence-electron chi connectivity index (χ3n) is 2.43. The number of nitrogens with one attached hydrogen (secondary N) is 2. The number of H-pyrrole nitrogens is 1. The van der Waals surface area contributed by atoms with Crippen LogP contribution in [-0.2, 0) is 0 Å². The molecule has 1 heterocycles. The molecule has 2 aromatic rings. The molecule has 90 valence electrons. The maximum absolute atomic E-state index is 4.25. The van der Waals surface area contributed by atoms with Crippen LogP contribution in [0.2, 0.25) is 0 Å². The van der Waals surface area contributed by atoms with Crippen molar-refractivity contribution in [1.82, 2.24) is 10.2 Å². The predicted molar refractivity (Wildman–Crippen MR) is 75.1 cm³/mol. The summed E-state index contributed by atoms with van der Waals surface area (Å²) in [6, 6.07) is 10.1. The van der Waals surface area contributed by atoms with Crippen LogP contribution in [-0.4, -0.2) is 16.7 Å². The van der Waals surface area contributed by atoms with Gasteiger partial charge in [-0.1, -0.05) is 48.0 Å². The Morgan fingerprint density at radius 2 is 2.12 bits per heavy atom. The van der Waals surface area contributed by atoms with Crippen LogP contribution < -0.4 is 5.32 Å². The molecule has 0 saturated heterocycles. The van der Waals surface area contributed by atoms with Crippen molar-refractivity contribution in [3.63, 3.8) is 0 Å². The fourth-order valence-electron chi connectivity index (χ4n) is 1.54. The highest BCUT2D eigenvalue weighted by Crippen LogP contribution is 2.27. The number of aromatic nitrogens is 2. The molecule has 2 rings (SSSR count). The zero-order chi connectivity index (χ0) is 12.3. The monoisotopic (exact) mass is 293 g/mol. The van der Waals surface area contributed by atoms with Crippen LogP contribution in [0.15, 0.2) is 34.8 Å². The molecule has 0 atom stereocenters. The minimum Gasteiger partial charge on any atom is -0.368 e. The molecule has 0 amide bonds. The van der Waals surface area contributed by atoms with Gasteiger partial charge in [0.1, 0.15) is 5.82 Å². The Morgan fingerprint density at radius 1 is 1.35 bits per heavy atom. The molecule has 2 N–H and O–H groups in total. The number of aromatic amines is 1. The van der Waals surface area contributed by atoms with Crippen LogP contribution >= 0.6 is 15.9 Å². The van der Waals surface area contributed by atoms with Crippen molar-refractivity contribution in [2.24, 2.45) is 5.92 Å². The quantitative estimate of drug-likeness (QED) is 0.897. The number of anilines is 1. The van der Waals surface area contributed by atoms with E-state index in [0.717, 1.165) is 28.1 Å². The van der Waals surface area contributed by atoms with E-state index in [4.69, 9.17) is 0 Å². The number of benzene rings is 1. The molecule has 1 aromatic carbocycles. The van der Waals surface area contributed by atoms with Crippen LogP contribution in [0.4, 0.5) is 5.82 Å². The van der Waals surface area contributed by atoms with Gasteiger partial charge in [0, 0.05) is 22.6 Å². The molecule has 0 fully saturated rings. The fourth-order valence-corrected chi connectivity index (χ4v) is 2.04. The first-order valence-electron chi connectivity index (χ1n) is 5.71. The van der Waals surface area contributed by atoms with Gasteiger partial charge in [-0.05, 0) is 12.0 Å². The molecule has 0 unspecified atom stereocenters. The van der Waals surface area contributed by atoms with Gasteiger partial charge in [-0.3, -0.25) is 5.10 Å². The molecular weight excluding hydrogens is 278 g/mol. The van der Waals surface area contributed by atoms with Gasteiger partial charge < -0.3 is 5.32 Å². The summed E-state index contributed by atoms with van der Waals surface area (Å²) in [7, 11) is 0. The van der Waals surface area contributed by atoms with Crippen molar-refractivity contribution in [2.45, 2.75) is 13.8 Å². The first-order valence-corrected chi connectivity index (χ1v) is 6.50. The van der Waals surface area contributed by atoms with Crippen LogP contribution in [0.25, 0.3) is 11.3 Å². The standard InChI is InChI=1S/C13H16BrN3/c1-9(2)8-15-13-7-12(16-17-13)10-5-3-4-6-11(10)14/h3-7,9H,8H2,1-2H3,(H2,15,16,17). The summed E-state index contributed by atoms with van der Waals surface area (Å²) in [5.41, 5.74) is 2.14.